The summed E-state index contributed by atoms with van der Waals surface area (Å²) in [4.78, 5) is 25.4. The molecule has 0 spiro atoms. The average Bonchev–Trinajstić information content (AvgIpc) is 3.06. The van der Waals surface area contributed by atoms with Crippen molar-refractivity contribution in [3.63, 3.8) is 0 Å². The van der Waals surface area contributed by atoms with Gasteiger partial charge in [-0.15, -0.1) is 0 Å². The Balaban J connectivity index is 1.86. The maximum Gasteiger partial charge on any atom is 0.304 e. The molecular weight excluding hydrogens is 254 g/mol. The minimum Gasteiger partial charge on any atom is -0.481 e. The van der Waals surface area contributed by atoms with Crippen molar-refractivity contribution >= 4 is 17.6 Å². The third kappa shape index (κ3) is 2.30. The van der Waals surface area contributed by atoms with Gasteiger partial charge in [-0.3, -0.25) is 9.59 Å². The molecule has 1 aromatic rings. The van der Waals surface area contributed by atoms with E-state index in [9.17, 15) is 9.59 Å². The zero-order valence-electron chi connectivity index (χ0n) is 11.4. The molecule has 3 rings (SSSR count). The van der Waals surface area contributed by atoms with Gasteiger partial charge in [-0.1, -0.05) is 31.0 Å². The third-order valence-electron chi connectivity index (χ3n) is 4.46. The van der Waals surface area contributed by atoms with Crippen molar-refractivity contribution in [1.82, 2.24) is 0 Å². The van der Waals surface area contributed by atoms with Gasteiger partial charge in [0.1, 0.15) is 0 Å². The molecule has 1 amide bonds. The highest BCUT2D eigenvalue weighted by Gasteiger charge is 2.36. The van der Waals surface area contributed by atoms with Gasteiger partial charge in [-0.25, -0.2) is 0 Å². The Labute approximate surface area is 118 Å². The van der Waals surface area contributed by atoms with E-state index in [-0.39, 0.29) is 24.2 Å². The van der Waals surface area contributed by atoms with E-state index in [1.54, 1.807) is 0 Å². The number of rotatable bonds is 3. The number of hydrogen-bond acceptors (Lipinski definition) is 2. The van der Waals surface area contributed by atoms with Gasteiger partial charge in [-0.05, 0) is 24.5 Å². The van der Waals surface area contributed by atoms with Gasteiger partial charge < -0.3 is 10.0 Å². The summed E-state index contributed by atoms with van der Waals surface area (Å²) in [7, 11) is 0. The molecule has 20 heavy (non-hydrogen) atoms. The number of hydrogen-bond donors (Lipinski definition) is 1. The fourth-order valence-electron chi connectivity index (χ4n) is 3.48. The minimum absolute atomic E-state index is 0.0750. The Morgan fingerprint density at radius 2 is 1.90 bits per heavy atom. The largest absolute Gasteiger partial charge is 0.481 e. The van der Waals surface area contributed by atoms with E-state index in [1.165, 1.54) is 0 Å². The van der Waals surface area contributed by atoms with Crippen LogP contribution in [0.4, 0.5) is 5.69 Å². The van der Waals surface area contributed by atoms with E-state index in [0.717, 1.165) is 36.9 Å². The summed E-state index contributed by atoms with van der Waals surface area (Å²) < 4.78 is 0. The second-order valence-corrected chi connectivity index (χ2v) is 5.78. The number of carboxylic acid groups (broad SMARTS) is 1. The number of carbonyl (C=O) groups excluding carboxylic acids is 1. The maximum absolute atomic E-state index is 12.6. The zero-order chi connectivity index (χ0) is 14.1. The molecule has 0 radical (unpaired) electrons. The predicted octanol–water partition coefficient (Wildman–Crippen LogP) is 2.78. The molecule has 1 fully saturated rings. The lowest BCUT2D eigenvalue weighted by Crippen LogP contribution is -2.34. The summed E-state index contributed by atoms with van der Waals surface area (Å²) in [5, 5.41) is 9.03. The first-order chi connectivity index (χ1) is 9.66. The van der Waals surface area contributed by atoms with Crippen LogP contribution in [0.5, 0.6) is 0 Å². The molecule has 1 aliphatic carbocycles. The molecule has 106 valence electrons. The van der Waals surface area contributed by atoms with Gasteiger partial charge in [-0.2, -0.15) is 0 Å². The quantitative estimate of drug-likeness (QED) is 0.921. The fourth-order valence-corrected chi connectivity index (χ4v) is 3.48. The Bertz CT molecular complexity index is 534. The molecular formula is C16H19NO3. The summed E-state index contributed by atoms with van der Waals surface area (Å²) in [5.41, 5.74) is 1.91. The summed E-state index contributed by atoms with van der Waals surface area (Å²) in [6.45, 7) is 0.515. The van der Waals surface area contributed by atoms with Gasteiger partial charge in [0.2, 0.25) is 5.91 Å². The lowest BCUT2D eigenvalue weighted by atomic mass is 9.98. The normalized spacial score (nSPS) is 22.0. The molecule has 0 aromatic heterocycles. The van der Waals surface area contributed by atoms with Crippen LogP contribution in [0.2, 0.25) is 0 Å². The first-order valence-corrected chi connectivity index (χ1v) is 7.29. The molecule has 1 atom stereocenters. The number of para-hydroxylation sites is 1. The Morgan fingerprint density at radius 1 is 1.20 bits per heavy atom. The SMILES string of the molecule is O=C(O)CC1CN(C(=O)C2CCCC2)c2ccccc21. The summed E-state index contributed by atoms with van der Waals surface area (Å²) in [6.07, 6.45) is 4.29. The van der Waals surface area contributed by atoms with E-state index >= 15 is 0 Å². The number of nitrogens with zero attached hydrogens (tertiary/aromatic N) is 1. The van der Waals surface area contributed by atoms with Gasteiger partial charge in [0.25, 0.3) is 0 Å². The molecule has 1 aliphatic heterocycles. The Morgan fingerprint density at radius 3 is 2.60 bits per heavy atom. The van der Waals surface area contributed by atoms with Crippen molar-refractivity contribution in [2.75, 3.05) is 11.4 Å². The van der Waals surface area contributed by atoms with Crippen molar-refractivity contribution < 1.29 is 14.7 Å². The molecule has 1 unspecified atom stereocenters. The average molecular weight is 273 g/mol. The molecule has 4 nitrogen and oxygen atoms in total. The number of benzene rings is 1. The summed E-state index contributed by atoms with van der Waals surface area (Å²) in [6, 6.07) is 7.71. The van der Waals surface area contributed by atoms with E-state index in [2.05, 4.69) is 0 Å². The third-order valence-corrected chi connectivity index (χ3v) is 4.46. The molecule has 0 saturated heterocycles. The van der Waals surface area contributed by atoms with E-state index in [1.807, 2.05) is 29.2 Å². The van der Waals surface area contributed by atoms with Gasteiger partial charge in [0.15, 0.2) is 0 Å². The maximum atomic E-state index is 12.6. The predicted molar refractivity (Wildman–Crippen MR) is 75.7 cm³/mol. The van der Waals surface area contributed by atoms with Gasteiger partial charge >= 0.3 is 5.97 Å². The minimum atomic E-state index is -0.806. The van der Waals surface area contributed by atoms with Crippen molar-refractivity contribution in [3.8, 4) is 0 Å². The van der Waals surface area contributed by atoms with Crippen molar-refractivity contribution in [1.29, 1.82) is 0 Å². The standard InChI is InChI=1S/C16H19NO3/c18-15(19)9-12-10-17(14-8-4-3-7-13(12)14)16(20)11-5-1-2-6-11/h3-4,7-8,11-12H,1-2,5-6,9-10H2,(H,18,19). The molecule has 1 N–H and O–H groups in total. The van der Waals surface area contributed by atoms with Crippen LogP contribution in [0.25, 0.3) is 0 Å². The number of fused-ring (bicyclic) bond motifs is 1. The lowest BCUT2D eigenvalue weighted by molar-refractivity contribution is -0.137. The molecule has 2 aliphatic rings. The van der Waals surface area contributed by atoms with Crippen LogP contribution >= 0.6 is 0 Å². The van der Waals surface area contributed by atoms with Crippen molar-refractivity contribution in [3.05, 3.63) is 29.8 Å². The monoisotopic (exact) mass is 273 g/mol. The van der Waals surface area contributed by atoms with E-state index < -0.39 is 5.97 Å². The van der Waals surface area contributed by atoms with Crippen molar-refractivity contribution in [2.45, 2.75) is 38.0 Å². The number of carbonyl (C=O) groups is 2. The molecule has 1 saturated carbocycles. The first-order valence-electron chi connectivity index (χ1n) is 7.29. The Kier molecular flexibility index (Phi) is 3.47. The van der Waals surface area contributed by atoms with E-state index in [4.69, 9.17) is 5.11 Å². The molecule has 1 aromatic carbocycles. The van der Waals surface area contributed by atoms with Crippen LogP contribution in [0, 0.1) is 5.92 Å². The van der Waals surface area contributed by atoms with Crippen LogP contribution in [0.15, 0.2) is 24.3 Å². The second-order valence-electron chi connectivity index (χ2n) is 5.78. The number of amides is 1. The topological polar surface area (TPSA) is 57.6 Å². The van der Waals surface area contributed by atoms with Crippen LogP contribution in [0.3, 0.4) is 0 Å². The first kappa shape index (κ1) is 13.2. The van der Waals surface area contributed by atoms with Crippen LogP contribution in [-0.2, 0) is 9.59 Å². The lowest BCUT2D eigenvalue weighted by Gasteiger charge is -2.21. The number of anilines is 1. The van der Waals surface area contributed by atoms with Crippen LogP contribution < -0.4 is 4.90 Å². The summed E-state index contributed by atoms with van der Waals surface area (Å²) >= 11 is 0. The molecule has 4 heteroatoms. The van der Waals surface area contributed by atoms with Crippen LogP contribution in [0.1, 0.15) is 43.6 Å². The highest BCUT2D eigenvalue weighted by molar-refractivity contribution is 5.97. The van der Waals surface area contributed by atoms with E-state index in [0.29, 0.717) is 6.54 Å². The zero-order valence-corrected chi connectivity index (χ0v) is 11.4. The van der Waals surface area contributed by atoms with Crippen molar-refractivity contribution in [2.24, 2.45) is 5.92 Å². The Hall–Kier alpha value is -1.84. The highest BCUT2D eigenvalue weighted by atomic mass is 16.4. The van der Waals surface area contributed by atoms with Gasteiger partial charge in [0.05, 0.1) is 6.42 Å². The van der Waals surface area contributed by atoms with Gasteiger partial charge in [0, 0.05) is 24.1 Å². The fraction of sp³-hybridized carbons (Fsp3) is 0.500. The van der Waals surface area contributed by atoms with Crippen LogP contribution in [-0.4, -0.2) is 23.5 Å². The number of aliphatic carboxylic acids is 1. The second kappa shape index (κ2) is 5.27. The summed E-state index contributed by atoms with van der Waals surface area (Å²) in [5.74, 6) is -0.566. The molecule has 0 bridgehead atoms. The highest BCUT2D eigenvalue weighted by Crippen LogP contribution is 2.40. The smallest absolute Gasteiger partial charge is 0.304 e. The molecule has 1 heterocycles. The number of carboxylic acids is 1.